The summed E-state index contributed by atoms with van der Waals surface area (Å²) >= 11 is 1.53. The quantitative estimate of drug-likeness (QED) is 0.863. The molecule has 22 heavy (non-hydrogen) atoms. The summed E-state index contributed by atoms with van der Waals surface area (Å²) < 4.78 is 1.49. The van der Waals surface area contributed by atoms with Gasteiger partial charge in [0.05, 0.1) is 5.69 Å². The zero-order chi connectivity index (χ0) is 15.5. The van der Waals surface area contributed by atoms with Crippen molar-refractivity contribution in [3.63, 3.8) is 0 Å². The monoisotopic (exact) mass is 321 g/mol. The van der Waals surface area contributed by atoms with E-state index in [1.54, 1.807) is 6.20 Å². The molecule has 3 rings (SSSR count). The summed E-state index contributed by atoms with van der Waals surface area (Å²) in [5.74, 6) is -0.517. The molecule has 7 nitrogen and oxygen atoms in total. The minimum atomic E-state index is -0.872. The zero-order valence-corrected chi connectivity index (χ0v) is 13.0. The number of aliphatic carboxylic acids is 1. The van der Waals surface area contributed by atoms with Crippen LogP contribution in [0.2, 0.25) is 0 Å². The Kier molecular flexibility index (Phi) is 4.39. The number of hydrogen-bond donors (Lipinski definition) is 2. The lowest BCUT2D eigenvalue weighted by molar-refractivity contribution is -0.137. The van der Waals surface area contributed by atoms with E-state index in [0.29, 0.717) is 11.0 Å². The summed E-state index contributed by atoms with van der Waals surface area (Å²) in [5.41, 5.74) is 6.65. The Labute approximate surface area is 132 Å². The second kappa shape index (κ2) is 6.45. The number of aromatic nitrogens is 3. The summed E-state index contributed by atoms with van der Waals surface area (Å²) in [6, 6.07) is 1.93. The van der Waals surface area contributed by atoms with Crippen LogP contribution in [0.4, 0.5) is 5.13 Å². The Hall–Kier alpha value is -1.93. The van der Waals surface area contributed by atoms with Crippen molar-refractivity contribution in [1.29, 1.82) is 0 Å². The van der Waals surface area contributed by atoms with Crippen molar-refractivity contribution >= 4 is 22.4 Å². The van der Waals surface area contributed by atoms with Crippen molar-refractivity contribution in [3.8, 4) is 0 Å². The number of likely N-dealkylation sites (tertiary alicyclic amines) is 1. The van der Waals surface area contributed by atoms with Gasteiger partial charge in [-0.1, -0.05) is 0 Å². The molecule has 2 aromatic heterocycles. The van der Waals surface area contributed by atoms with Gasteiger partial charge >= 0.3 is 5.97 Å². The molecule has 1 atom stereocenters. The van der Waals surface area contributed by atoms with Crippen molar-refractivity contribution in [1.82, 2.24) is 19.7 Å². The number of nitrogens with zero attached hydrogens (tertiary/aromatic N) is 4. The standard InChI is InChI=1S/C14H19N5O2S/c15-14-16-6-11(22-14)8-18-4-1-2-10(7-18)12-3-5-19(17-12)9-13(20)21/h3,5-6,10H,1-2,4,7-9H2,(H2,15,16)(H,20,21)/t10-/m0/s1. The second-order valence-corrected chi connectivity index (χ2v) is 6.72. The van der Waals surface area contributed by atoms with Gasteiger partial charge in [-0.2, -0.15) is 5.10 Å². The molecule has 1 aliphatic rings. The van der Waals surface area contributed by atoms with Gasteiger partial charge in [0.2, 0.25) is 0 Å². The van der Waals surface area contributed by atoms with Gasteiger partial charge in [0.15, 0.2) is 5.13 Å². The average Bonchev–Trinajstić information content (AvgIpc) is 3.08. The van der Waals surface area contributed by atoms with E-state index in [4.69, 9.17) is 10.8 Å². The Morgan fingerprint density at radius 1 is 1.55 bits per heavy atom. The molecule has 0 saturated carbocycles. The van der Waals surface area contributed by atoms with Gasteiger partial charge in [-0.25, -0.2) is 4.98 Å². The highest BCUT2D eigenvalue weighted by Gasteiger charge is 2.23. The fourth-order valence-electron chi connectivity index (χ4n) is 2.88. The van der Waals surface area contributed by atoms with E-state index in [0.717, 1.165) is 38.2 Å². The molecule has 1 fully saturated rings. The Balaban J connectivity index is 1.62. The van der Waals surface area contributed by atoms with Crippen molar-refractivity contribution in [3.05, 3.63) is 29.0 Å². The van der Waals surface area contributed by atoms with Crippen LogP contribution in [0.15, 0.2) is 18.5 Å². The number of rotatable bonds is 5. The SMILES string of the molecule is Nc1ncc(CN2CCC[C@H](c3ccn(CC(=O)O)n3)C2)s1. The fraction of sp³-hybridized carbons (Fsp3) is 0.500. The van der Waals surface area contributed by atoms with E-state index in [9.17, 15) is 4.79 Å². The smallest absolute Gasteiger partial charge is 0.325 e. The van der Waals surface area contributed by atoms with E-state index in [-0.39, 0.29) is 6.54 Å². The molecule has 0 radical (unpaired) electrons. The van der Waals surface area contributed by atoms with Crippen LogP contribution in [0.3, 0.4) is 0 Å². The number of hydrogen-bond acceptors (Lipinski definition) is 6. The lowest BCUT2D eigenvalue weighted by Crippen LogP contribution is -2.33. The first-order chi connectivity index (χ1) is 10.6. The fourth-order valence-corrected chi connectivity index (χ4v) is 3.61. The normalized spacial score (nSPS) is 19.4. The summed E-state index contributed by atoms with van der Waals surface area (Å²) in [6.45, 7) is 2.77. The zero-order valence-electron chi connectivity index (χ0n) is 12.2. The molecule has 1 aliphatic heterocycles. The summed E-state index contributed by atoms with van der Waals surface area (Å²) in [7, 11) is 0. The van der Waals surface area contributed by atoms with Gasteiger partial charge in [-0.05, 0) is 25.5 Å². The maximum Gasteiger partial charge on any atom is 0.325 e. The van der Waals surface area contributed by atoms with Crippen LogP contribution in [0, 0.1) is 0 Å². The molecule has 0 unspecified atom stereocenters. The van der Waals surface area contributed by atoms with Crippen molar-refractivity contribution in [2.75, 3.05) is 18.8 Å². The lowest BCUT2D eigenvalue weighted by atomic mass is 9.95. The molecule has 8 heteroatoms. The number of carboxylic acids is 1. The van der Waals surface area contributed by atoms with E-state index < -0.39 is 5.97 Å². The van der Waals surface area contributed by atoms with E-state index in [2.05, 4.69) is 15.0 Å². The molecule has 3 heterocycles. The third kappa shape index (κ3) is 3.63. The van der Waals surface area contributed by atoms with Gasteiger partial charge in [0, 0.05) is 36.3 Å². The van der Waals surface area contributed by atoms with Gasteiger partial charge < -0.3 is 10.8 Å². The van der Waals surface area contributed by atoms with Crippen LogP contribution >= 0.6 is 11.3 Å². The molecular weight excluding hydrogens is 302 g/mol. The van der Waals surface area contributed by atoms with Crippen LogP contribution in [0.25, 0.3) is 0 Å². The van der Waals surface area contributed by atoms with Crippen LogP contribution < -0.4 is 5.73 Å². The number of carbonyl (C=O) groups is 1. The summed E-state index contributed by atoms with van der Waals surface area (Å²) in [4.78, 5) is 18.4. The first kappa shape index (κ1) is 15.0. The van der Waals surface area contributed by atoms with Crippen molar-refractivity contribution in [2.24, 2.45) is 0 Å². The number of anilines is 1. The Bertz CT molecular complexity index is 653. The maximum absolute atomic E-state index is 10.7. The first-order valence-corrected chi connectivity index (χ1v) is 8.09. The van der Waals surface area contributed by atoms with Crippen LogP contribution in [0.1, 0.15) is 29.3 Å². The molecule has 0 amide bonds. The third-order valence-corrected chi connectivity index (χ3v) is 4.64. The average molecular weight is 321 g/mol. The predicted molar refractivity (Wildman–Crippen MR) is 83.6 cm³/mol. The minimum absolute atomic E-state index is 0.0867. The molecule has 0 aromatic carbocycles. The Morgan fingerprint density at radius 3 is 3.14 bits per heavy atom. The minimum Gasteiger partial charge on any atom is -0.480 e. The molecule has 0 spiro atoms. The van der Waals surface area contributed by atoms with Gasteiger partial charge in [0.25, 0.3) is 0 Å². The van der Waals surface area contributed by atoms with E-state index in [1.807, 2.05) is 12.3 Å². The van der Waals surface area contributed by atoms with Crippen molar-refractivity contribution < 1.29 is 9.90 Å². The van der Waals surface area contributed by atoms with E-state index in [1.165, 1.54) is 20.9 Å². The van der Waals surface area contributed by atoms with Gasteiger partial charge in [0.1, 0.15) is 6.54 Å². The summed E-state index contributed by atoms with van der Waals surface area (Å²) in [6.07, 6.45) is 5.79. The van der Waals surface area contributed by atoms with E-state index >= 15 is 0 Å². The highest BCUT2D eigenvalue weighted by atomic mass is 32.1. The predicted octanol–water partition coefficient (Wildman–Crippen LogP) is 1.39. The molecular formula is C14H19N5O2S. The number of carboxylic acid groups (broad SMARTS) is 1. The lowest BCUT2D eigenvalue weighted by Gasteiger charge is -2.31. The number of piperidine rings is 1. The molecule has 0 bridgehead atoms. The van der Waals surface area contributed by atoms with Crippen LogP contribution in [-0.2, 0) is 17.9 Å². The highest BCUT2D eigenvalue weighted by Crippen LogP contribution is 2.27. The Morgan fingerprint density at radius 2 is 2.41 bits per heavy atom. The molecule has 3 N–H and O–H groups in total. The van der Waals surface area contributed by atoms with Crippen LogP contribution in [0.5, 0.6) is 0 Å². The van der Waals surface area contributed by atoms with Crippen molar-refractivity contribution in [2.45, 2.75) is 31.8 Å². The van der Waals surface area contributed by atoms with Gasteiger partial charge in [-0.15, -0.1) is 11.3 Å². The number of nitrogens with two attached hydrogens (primary N) is 1. The summed E-state index contributed by atoms with van der Waals surface area (Å²) in [5, 5.41) is 13.8. The third-order valence-electron chi connectivity index (χ3n) is 3.83. The first-order valence-electron chi connectivity index (χ1n) is 7.28. The number of nitrogen functional groups attached to an aromatic ring is 1. The molecule has 1 saturated heterocycles. The molecule has 0 aliphatic carbocycles. The molecule has 2 aromatic rings. The number of thiazole rings is 1. The highest BCUT2D eigenvalue weighted by molar-refractivity contribution is 7.15. The second-order valence-electron chi connectivity index (χ2n) is 5.57. The topological polar surface area (TPSA) is 97.3 Å². The molecule has 118 valence electrons. The largest absolute Gasteiger partial charge is 0.480 e. The van der Waals surface area contributed by atoms with Gasteiger partial charge in [-0.3, -0.25) is 14.4 Å². The van der Waals surface area contributed by atoms with Crippen LogP contribution in [-0.4, -0.2) is 43.8 Å². The maximum atomic E-state index is 10.7.